The molecule has 2 rings (SSSR count). The summed E-state index contributed by atoms with van der Waals surface area (Å²) in [6.45, 7) is 2.07. The summed E-state index contributed by atoms with van der Waals surface area (Å²) in [5, 5.41) is 13.7. The Hall–Kier alpha value is -1.13. The average Bonchev–Trinajstić information content (AvgIpc) is 2.45. The van der Waals surface area contributed by atoms with Crippen molar-refractivity contribution < 1.29 is 14.6 Å². The molecule has 5 heteroatoms. The van der Waals surface area contributed by atoms with Gasteiger partial charge in [-0.05, 0) is 49.9 Å². The lowest BCUT2D eigenvalue weighted by Gasteiger charge is -2.23. The summed E-state index contributed by atoms with van der Waals surface area (Å²) in [6.07, 6.45) is 3.05. The Morgan fingerprint density at radius 2 is 2.00 bits per heavy atom. The lowest BCUT2D eigenvalue weighted by atomic mass is 9.90. The number of methoxy groups -OCH3 is 2. The Morgan fingerprint density at radius 3 is 2.58 bits per heavy atom. The van der Waals surface area contributed by atoms with Gasteiger partial charge in [-0.1, -0.05) is 11.6 Å². The summed E-state index contributed by atoms with van der Waals surface area (Å²) in [5.74, 6) is 1.63. The molecule has 19 heavy (non-hydrogen) atoms. The largest absolute Gasteiger partial charge is 0.506 e. The number of hydrogen-bond acceptors (Lipinski definition) is 4. The van der Waals surface area contributed by atoms with Crippen LogP contribution in [0.25, 0.3) is 0 Å². The Kier molecular flexibility index (Phi) is 4.77. The minimum Gasteiger partial charge on any atom is -0.506 e. The predicted octanol–water partition coefficient (Wildman–Crippen LogP) is 2.60. The monoisotopic (exact) mass is 285 g/mol. The van der Waals surface area contributed by atoms with Crippen LogP contribution in [-0.2, 0) is 6.42 Å². The summed E-state index contributed by atoms with van der Waals surface area (Å²) >= 11 is 6.13. The first-order chi connectivity index (χ1) is 9.17. The van der Waals surface area contributed by atoms with Crippen LogP contribution in [0, 0.1) is 5.92 Å². The van der Waals surface area contributed by atoms with Crippen molar-refractivity contribution in [2.75, 3.05) is 27.3 Å². The first-order valence-electron chi connectivity index (χ1n) is 6.50. The van der Waals surface area contributed by atoms with Crippen LogP contribution in [0.2, 0.25) is 5.02 Å². The van der Waals surface area contributed by atoms with Gasteiger partial charge in [-0.3, -0.25) is 0 Å². The van der Waals surface area contributed by atoms with E-state index in [9.17, 15) is 5.11 Å². The molecule has 2 N–H and O–H groups in total. The molecule has 0 aliphatic carbocycles. The highest BCUT2D eigenvalue weighted by Gasteiger charge is 2.21. The fourth-order valence-electron chi connectivity index (χ4n) is 2.54. The fraction of sp³-hybridized carbons (Fsp3) is 0.571. The van der Waals surface area contributed by atoms with E-state index in [0.29, 0.717) is 17.4 Å². The summed E-state index contributed by atoms with van der Waals surface area (Å²) in [5.41, 5.74) is 0.828. The summed E-state index contributed by atoms with van der Waals surface area (Å²) in [4.78, 5) is 0. The van der Waals surface area contributed by atoms with Gasteiger partial charge in [0.25, 0.3) is 0 Å². The predicted molar refractivity (Wildman–Crippen MR) is 75.5 cm³/mol. The highest BCUT2D eigenvalue weighted by Crippen LogP contribution is 2.44. The van der Waals surface area contributed by atoms with Gasteiger partial charge in [-0.15, -0.1) is 0 Å². The molecular weight excluding hydrogens is 266 g/mol. The van der Waals surface area contributed by atoms with Crippen molar-refractivity contribution in [3.63, 3.8) is 0 Å². The van der Waals surface area contributed by atoms with Gasteiger partial charge in [0, 0.05) is 0 Å². The summed E-state index contributed by atoms with van der Waals surface area (Å²) in [7, 11) is 3.08. The van der Waals surface area contributed by atoms with Crippen molar-refractivity contribution in [2.24, 2.45) is 5.92 Å². The summed E-state index contributed by atoms with van der Waals surface area (Å²) in [6, 6.07) is 1.82. The first kappa shape index (κ1) is 14.3. The van der Waals surface area contributed by atoms with Crippen LogP contribution in [-0.4, -0.2) is 32.4 Å². The molecule has 0 unspecified atom stereocenters. The summed E-state index contributed by atoms with van der Waals surface area (Å²) < 4.78 is 10.4. The van der Waals surface area contributed by atoms with E-state index in [-0.39, 0.29) is 10.8 Å². The van der Waals surface area contributed by atoms with Gasteiger partial charge >= 0.3 is 0 Å². The lowest BCUT2D eigenvalue weighted by molar-refractivity contribution is 0.345. The van der Waals surface area contributed by atoms with Gasteiger partial charge in [-0.2, -0.15) is 0 Å². The van der Waals surface area contributed by atoms with Crippen LogP contribution >= 0.6 is 11.6 Å². The SMILES string of the molecule is COc1cc(CC2CCNCC2)c(O)c(Cl)c1OC. The maximum absolute atomic E-state index is 10.2. The molecule has 0 saturated carbocycles. The van der Waals surface area contributed by atoms with E-state index < -0.39 is 0 Å². The van der Waals surface area contributed by atoms with Crippen LogP contribution in [0.15, 0.2) is 6.07 Å². The van der Waals surface area contributed by atoms with E-state index in [1.807, 2.05) is 6.07 Å². The standard InChI is InChI=1S/C14H20ClNO3/c1-18-11-8-10(7-9-3-5-16-6-4-9)13(17)12(15)14(11)19-2/h8-9,16-17H,3-7H2,1-2H3. The van der Waals surface area contributed by atoms with Crippen molar-refractivity contribution in [1.82, 2.24) is 5.32 Å². The van der Waals surface area contributed by atoms with Crippen molar-refractivity contribution in [1.29, 1.82) is 0 Å². The van der Waals surface area contributed by atoms with E-state index in [4.69, 9.17) is 21.1 Å². The van der Waals surface area contributed by atoms with Crippen LogP contribution in [0.4, 0.5) is 0 Å². The molecule has 0 atom stereocenters. The molecule has 0 amide bonds. The number of phenols is 1. The second kappa shape index (κ2) is 6.35. The molecule has 106 valence electrons. The number of nitrogens with one attached hydrogen (secondary N) is 1. The normalized spacial score (nSPS) is 16.4. The third kappa shape index (κ3) is 3.07. The molecule has 4 nitrogen and oxygen atoms in total. The van der Waals surface area contributed by atoms with Crippen LogP contribution < -0.4 is 14.8 Å². The van der Waals surface area contributed by atoms with Gasteiger partial charge in [0.1, 0.15) is 10.8 Å². The Morgan fingerprint density at radius 1 is 1.32 bits per heavy atom. The minimum atomic E-state index is 0.109. The van der Waals surface area contributed by atoms with Crippen LogP contribution in [0.5, 0.6) is 17.2 Å². The van der Waals surface area contributed by atoms with E-state index >= 15 is 0 Å². The number of aromatic hydroxyl groups is 1. The van der Waals surface area contributed by atoms with Crippen LogP contribution in [0.3, 0.4) is 0 Å². The number of rotatable bonds is 4. The smallest absolute Gasteiger partial charge is 0.183 e. The quantitative estimate of drug-likeness (QED) is 0.893. The molecule has 1 aliphatic heterocycles. The molecule has 1 fully saturated rings. The van der Waals surface area contributed by atoms with E-state index in [1.165, 1.54) is 7.11 Å². The lowest BCUT2D eigenvalue weighted by Crippen LogP contribution is -2.28. The number of halogens is 1. The zero-order valence-corrected chi connectivity index (χ0v) is 12.1. The second-order valence-electron chi connectivity index (χ2n) is 4.83. The topological polar surface area (TPSA) is 50.7 Å². The maximum Gasteiger partial charge on any atom is 0.183 e. The molecule has 0 spiro atoms. The zero-order chi connectivity index (χ0) is 13.8. The number of benzene rings is 1. The van der Waals surface area contributed by atoms with Crippen molar-refractivity contribution in [3.8, 4) is 17.2 Å². The third-order valence-corrected chi connectivity index (χ3v) is 3.98. The Balaban J connectivity index is 2.26. The molecular formula is C14H20ClNO3. The molecule has 1 aromatic carbocycles. The maximum atomic E-state index is 10.2. The molecule has 0 aromatic heterocycles. The zero-order valence-electron chi connectivity index (χ0n) is 11.3. The van der Waals surface area contributed by atoms with E-state index in [1.54, 1.807) is 7.11 Å². The molecule has 1 saturated heterocycles. The number of hydrogen-bond donors (Lipinski definition) is 2. The van der Waals surface area contributed by atoms with Gasteiger partial charge in [0.15, 0.2) is 11.5 Å². The third-order valence-electron chi connectivity index (χ3n) is 3.63. The number of phenolic OH excluding ortho intramolecular Hbond substituents is 1. The molecule has 1 aromatic rings. The Labute approximate surface area is 118 Å². The van der Waals surface area contributed by atoms with Crippen LogP contribution in [0.1, 0.15) is 18.4 Å². The number of ether oxygens (including phenoxy) is 2. The van der Waals surface area contributed by atoms with Crippen molar-refractivity contribution in [2.45, 2.75) is 19.3 Å². The fourth-order valence-corrected chi connectivity index (χ4v) is 2.83. The highest BCUT2D eigenvalue weighted by atomic mass is 35.5. The molecule has 0 radical (unpaired) electrons. The molecule has 0 bridgehead atoms. The molecule has 1 heterocycles. The average molecular weight is 286 g/mol. The Bertz CT molecular complexity index is 445. The van der Waals surface area contributed by atoms with Gasteiger partial charge in [-0.25, -0.2) is 0 Å². The van der Waals surface area contributed by atoms with Gasteiger partial charge in [0.2, 0.25) is 0 Å². The van der Waals surface area contributed by atoms with E-state index in [2.05, 4.69) is 5.32 Å². The minimum absolute atomic E-state index is 0.109. The number of piperidine rings is 1. The van der Waals surface area contributed by atoms with Gasteiger partial charge < -0.3 is 19.9 Å². The van der Waals surface area contributed by atoms with Crippen molar-refractivity contribution in [3.05, 3.63) is 16.7 Å². The van der Waals surface area contributed by atoms with Crippen molar-refractivity contribution >= 4 is 11.6 Å². The second-order valence-corrected chi connectivity index (χ2v) is 5.21. The van der Waals surface area contributed by atoms with Gasteiger partial charge in [0.05, 0.1) is 14.2 Å². The first-order valence-corrected chi connectivity index (χ1v) is 6.88. The highest BCUT2D eigenvalue weighted by molar-refractivity contribution is 6.33. The van der Waals surface area contributed by atoms with E-state index in [0.717, 1.165) is 37.9 Å². The molecule has 1 aliphatic rings.